The van der Waals surface area contributed by atoms with Gasteiger partial charge in [-0.15, -0.1) is 0 Å². The maximum Gasteiger partial charge on any atom is 0.290 e. The number of methoxy groups -OCH3 is 1. The third-order valence-electron chi connectivity index (χ3n) is 5.45. The van der Waals surface area contributed by atoms with E-state index in [0.717, 1.165) is 11.1 Å². The van der Waals surface area contributed by atoms with Crippen molar-refractivity contribution in [1.29, 1.82) is 0 Å². The van der Waals surface area contributed by atoms with Gasteiger partial charge >= 0.3 is 0 Å². The van der Waals surface area contributed by atoms with Crippen LogP contribution in [0.5, 0.6) is 5.75 Å². The van der Waals surface area contributed by atoms with Gasteiger partial charge in [-0.1, -0.05) is 43.3 Å². The highest BCUT2D eigenvalue weighted by molar-refractivity contribution is 6.16. The number of Topliss-reactive ketones (excluding diaryl/α,β-unsaturated/α-hetero) is 1. The number of carbonyl (C=O) groups is 2. The van der Waals surface area contributed by atoms with Gasteiger partial charge in [0.1, 0.15) is 0 Å². The number of amides is 1. The van der Waals surface area contributed by atoms with Crippen molar-refractivity contribution in [2.45, 2.75) is 26.3 Å². The van der Waals surface area contributed by atoms with Crippen molar-refractivity contribution in [3.05, 3.63) is 76.8 Å². The average Bonchev–Trinajstić information content (AvgIpc) is 3.29. The zero-order chi connectivity index (χ0) is 21.4. The molecule has 3 aromatic rings. The predicted molar refractivity (Wildman–Crippen MR) is 113 cm³/mol. The Balaban J connectivity index is 1.85. The molecule has 1 unspecified atom stereocenters. The molecule has 1 atom stereocenters. The molecule has 1 aliphatic heterocycles. The summed E-state index contributed by atoms with van der Waals surface area (Å²) in [6.45, 7) is 4.30. The maximum absolute atomic E-state index is 13.5. The van der Waals surface area contributed by atoms with E-state index in [1.807, 2.05) is 44.2 Å². The fourth-order valence-electron chi connectivity index (χ4n) is 4.02. The van der Waals surface area contributed by atoms with Gasteiger partial charge in [0, 0.05) is 11.9 Å². The molecule has 0 bridgehead atoms. The first-order valence-corrected chi connectivity index (χ1v) is 9.88. The molecule has 1 aliphatic rings. The SMILES string of the molecule is CCCN1C(=O)C(O)=C(C(=O)c2cc3cccc(OC)c3o2)C1c1ccccc1C. The van der Waals surface area contributed by atoms with E-state index in [1.54, 1.807) is 23.1 Å². The number of carbonyl (C=O) groups excluding carboxylic acids is 2. The van der Waals surface area contributed by atoms with E-state index in [-0.39, 0.29) is 11.3 Å². The van der Waals surface area contributed by atoms with E-state index >= 15 is 0 Å². The number of para-hydroxylation sites is 1. The van der Waals surface area contributed by atoms with Crippen LogP contribution in [-0.2, 0) is 4.79 Å². The van der Waals surface area contributed by atoms with Gasteiger partial charge in [-0.05, 0) is 36.6 Å². The van der Waals surface area contributed by atoms with Gasteiger partial charge in [-0.25, -0.2) is 0 Å². The van der Waals surface area contributed by atoms with Crippen molar-refractivity contribution < 1.29 is 23.8 Å². The van der Waals surface area contributed by atoms with Crippen LogP contribution in [0.15, 0.2) is 64.3 Å². The van der Waals surface area contributed by atoms with Crippen molar-refractivity contribution in [2.75, 3.05) is 13.7 Å². The molecule has 2 aromatic carbocycles. The minimum atomic E-state index is -0.666. The van der Waals surface area contributed by atoms with Crippen LogP contribution in [0.4, 0.5) is 0 Å². The van der Waals surface area contributed by atoms with E-state index in [2.05, 4.69) is 0 Å². The number of ketones is 1. The molecule has 1 amide bonds. The zero-order valence-electron chi connectivity index (χ0n) is 17.1. The highest BCUT2D eigenvalue weighted by Gasteiger charge is 2.44. The summed E-state index contributed by atoms with van der Waals surface area (Å²) < 4.78 is 11.1. The van der Waals surface area contributed by atoms with E-state index < -0.39 is 23.5 Å². The molecule has 0 spiro atoms. The molecule has 154 valence electrons. The molecular formula is C24H23NO5. The minimum absolute atomic E-state index is 0.0424. The second-order valence-corrected chi connectivity index (χ2v) is 7.34. The molecule has 1 aromatic heterocycles. The molecule has 0 saturated heterocycles. The summed E-state index contributed by atoms with van der Waals surface area (Å²) in [6, 6.07) is 13.9. The van der Waals surface area contributed by atoms with Crippen molar-refractivity contribution >= 4 is 22.7 Å². The number of aryl methyl sites for hydroxylation is 1. The Labute approximate surface area is 174 Å². The number of rotatable bonds is 6. The Morgan fingerprint density at radius 1 is 1.20 bits per heavy atom. The normalized spacial score (nSPS) is 16.6. The second kappa shape index (κ2) is 7.71. The second-order valence-electron chi connectivity index (χ2n) is 7.34. The van der Waals surface area contributed by atoms with E-state index in [0.29, 0.717) is 29.7 Å². The number of fused-ring (bicyclic) bond motifs is 1. The topological polar surface area (TPSA) is 80.0 Å². The highest BCUT2D eigenvalue weighted by atomic mass is 16.5. The molecule has 0 radical (unpaired) electrons. The fraction of sp³-hybridized carbons (Fsp3) is 0.250. The third kappa shape index (κ3) is 3.05. The fourth-order valence-corrected chi connectivity index (χ4v) is 4.02. The summed E-state index contributed by atoms with van der Waals surface area (Å²) >= 11 is 0. The van der Waals surface area contributed by atoms with Crippen LogP contribution < -0.4 is 4.74 Å². The largest absolute Gasteiger partial charge is 0.503 e. The zero-order valence-corrected chi connectivity index (χ0v) is 17.1. The number of aliphatic hydroxyl groups excluding tert-OH is 1. The summed E-state index contributed by atoms with van der Waals surface area (Å²) in [6.07, 6.45) is 0.699. The van der Waals surface area contributed by atoms with Crippen LogP contribution in [0.2, 0.25) is 0 Å². The van der Waals surface area contributed by atoms with Crippen LogP contribution in [0.25, 0.3) is 11.0 Å². The van der Waals surface area contributed by atoms with Gasteiger partial charge in [0.15, 0.2) is 22.9 Å². The summed E-state index contributed by atoms with van der Waals surface area (Å²) in [5.41, 5.74) is 2.23. The number of benzene rings is 2. The Hall–Kier alpha value is -3.54. The molecular weight excluding hydrogens is 382 g/mol. The van der Waals surface area contributed by atoms with Crippen LogP contribution in [0.1, 0.15) is 41.1 Å². The molecule has 1 N–H and O–H groups in total. The smallest absolute Gasteiger partial charge is 0.290 e. The molecule has 6 heteroatoms. The van der Waals surface area contributed by atoms with Gasteiger partial charge < -0.3 is 19.2 Å². The highest BCUT2D eigenvalue weighted by Crippen LogP contribution is 2.41. The summed E-state index contributed by atoms with van der Waals surface area (Å²) in [5, 5.41) is 11.4. The third-order valence-corrected chi connectivity index (χ3v) is 5.45. The van der Waals surface area contributed by atoms with Gasteiger partial charge in [-0.2, -0.15) is 0 Å². The lowest BCUT2D eigenvalue weighted by Gasteiger charge is -2.27. The quantitative estimate of drug-likeness (QED) is 0.599. The van der Waals surface area contributed by atoms with E-state index in [1.165, 1.54) is 7.11 Å². The van der Waals surface area contributed by atoms with Crippen molar-refractivity contribution in [3.63, 3.8) is 0 Å². The van der Waals surface area contributed by atoms with Crippen LogP contribution in [-0.4, -0.2) is 35.4 Å². The molecule has 2 heterocycles. The first-order valence-electron chi connectivity index (χ1n) is 9.88. The Morgan fingerprint density at radius 3 is 2.67 bits per heavy atom. The van der Waals surface area contributed by atoms with E-state index in [4.69, 9.17) is 9.15 Å². The molecule has 0 fully saturated rings. The lowest BCUT2D eigenvalue weighted by atomic mass is 9.92. The van der Waals surface area contributed by atoms with Crippen molar-refractivity contribution in [1.82, 2.24) is 4.90 Å². The van der Waals surface area contributed by atoms with Gasteiger partial charge in [0.05, 0.1) is 18.7 Å². The van der Waals surface area contributed by atoms with Gasteiger partial charge in [0.25, 0.3) is 5.91 Å². The van der Waals surface area contributed by atoms with Crippen molar-refractivity contribution in [2.24, 2.45) is 0 Å². The number of ether oxygens (including phenoxy) is 1. The number of nitrogens with zero attached hydrogens (tertiary/aromatic N) is 1. The number of aliphatic hydroxyl groups is 1. The van der Waals surface area contributed by atoms with Crippen LogP contribution >= 0.6 is 0 Å². The van der Waals surface area contributed by atoms with Crippen LogP contribution in [0.3, 0.4) is 0 Å². The van der Waals surface area contributed by atoms with Crippen molar-refractivity contribution in [3.8, 4) is 5.75 Å². The summed E-state index contributed by atoms with van der Waals surface area (Å²) in [7, 11) is 1.53. The molecule has 0 saturated carbocycles. The summed E-state index contributed by atoms with van der Waals surface area (Å²) in [4.78, 5) is 27.9. The Kier molecular flexibility index (Phi) is 5.08. The van der Waals surface area contributed by atoms with E-state index in [9.17, 15) is 14.7 Å². The minimum Gasteiger partial charge on any atom is -0.503 e. The molecule has 4 rings (SSSR count). The first-order chi connectivity index (χ1) is 14.5. The molecule has 6 nitrogen and oxygen atoms in total. The maximum atomic E-state index is 13.5. The Morgan fingerprint density at radius 2 is 1.97 bits per heavy atom. The molecule has 30 heavy (non-hydrogen) atoms. The predicted octanol–water partition coefficient (Wildman–Crippen LogP) is 4.74. The lowest BCUT2D eigenvalue weighted by molar-refractivity contribution is -0.129. The van der Waals surface area contributed by atoms with Gasteiger partial charge in [0.2, 0.25) is 5.78 Å². The monoisotopic (exact) mass is 405 g/mol. The number of hydrogen-bond donors (Lipinski definition) is 1. The standard InChI is InChI=1S/C24H23NO5/c1-4-12-25-20(16-10-6-5-8-14(16)2)19(22(27)24(25)28)21(26)18-13-15-9-7-11-17(29-3)23(15)30-18/h5-11,13,20,27H,4,12H2,1-3H3. The first kappa shape index (κ1) is 19.8. The average molecular weight is 405 g/mol. The number of hydrogen-bond acceptors (Lipinski definition) is 5. The number of furan rings is 1. The molecule has 0 aliphatic carbocycles. The summed E-state index contributed by atoms with van der Waals surface area (Å²) in [5.74, 6) is -1.00. The van der Waals surface area contributed by atoms with Crippen LogP contribution in [0, 0.1) is 6.92 Å². The Bertz CT molecular complexity index is 1170. The lowest BCUT2D eigenvalue weighted by Crippen LogP contribution is -2.32. The van der Waals surface area contributed by atoms with Gasteiger partial charge in [-0.3, -0.25) is 9.59 Å².